The molecule has 2 heterocycles. The Bertz CT molecular complexity index is 1040. The molecule has 9 heteroatoms. The number of sulfonamides is 1. The molecule has 1 amide bonds. The summed E-state index contributed by atoms with van der Waals surface area (Å²) in [6.45, 7) is 7.22. The van der Waals surface area contributed by atoms with Gasteiger partial charge in [0.1, 0.15) is 12.4 Å². The number of carbonyl (C=O) groups is 1. The molecule has 2 aromatic rings. The Morgan fingerprint density at radius 2 is 1.91 bits per heavy atom. The summed E-state index contributed by atoms with van der Waals surface area (Å²) in [5.41, 5.74) is 2.40. The number of methoxy groups -OCH3 is 1. The maximum absolute atomic E-state index is 13.1. The van der Waals surface area contributed by atoms with Gasteiger partial charge in [-0.2, -0.15) is 4.31 Å². The zero-order valence-corrected chi connectivity index (χ0v) is 20.3. The maximum atomic E-state index is 13.1. The molecule has 1 aromatic carbocycles. The third-order valence-electron chi connectivity index (χ3n) is 5.98. The predicted octanol–water partition coefficient (Wildman–Crippen LogP) is 2.74. The molecule has 8 nitrogen and oxygen atoms in total. The van der Waals surface area contributed by atoms with E-state index in [1.165, 1.54) is 11.4 Å². The molecule has 0 N–H and O–H groups in total. The van der Waals surface area contributed by atoms with Gasteiger partial charge in [-0.1, -0.05) is 6.92 Å². The zero-order valence-electron chi connectivity index (χ0n) is 19.5. The SMILES string of the molecule is CCC1c2cccn2CCN1C(=O)COCCN(C)S(=O)(=O)c1c(C)cc(OC)cc1C. The van der Waals surface area contributed by atoms with Crippen LogP contribution in [0.5, 0.6) is 5.75 Å². The van der Waals surface area contributed by atoms with Crippen LogP contribution in [0, 0.1) is 13.8 Å². The van der Waals surface area contributed by atoms with E-state index in [1.54, 1.807) is 33.1 Å². The number of rotatable bonds is 9. The lowest BCUT2D eigenvalue weighted by Gasteiger charge is -2.36. The Balaban J connectivity index is 1.56. The van der Waals surface area contributed by atoms with E-state index in [1.807, 2.05) is 17.2 Å². The molecular formula is C23H33N3O5S. The van der Waals surface area contributed by atoms with E-state index >= 15 is 0 Å². The standard InChI is InChI=1S/C23H33N3O5S/c1-6-20-21-8-7-9-25(21)10-11-26(20)22(27)16-31-13-12-24(4)32(28,29)23-17(2)14-19(30-5)15-18(23)3/h7-9,14-15,20H,6,10-13,16H2,1-5H3. The predicted molar refractivity (Wildman–Crippen MR) is 122 cm³/mol. The first-order valence-corrected chi connectivity index (χ1v) is 12.3. The van der Waals surface area contributed by atoms with Gasteiger partial charge in [0.05, 0.1) is 24.7 Å². The molecular weight excluding hydrogens is 430 g/mol. The van der Waals surface area contributed by atoms with Crippen LogP contribution in [0.3, 0.4) is 0 Å². The first-order chi connectivity index (χ1) is 15.2. The molecule has 1 atom stereocenters. The van der Waals surface area contributed by atoms with Crippen LogP contribution < -0.4 is 4.74 Å². The number of fused-ring (bicyclic) bond motifs is 1. The van der Waals surface area contributed by atoms with Crippen LogP contribution in [0.2, 0.25) is 0 Å². The summed E-state index contributed by atoms with van der Waals surface area (Å²) >= 11 is 0. The van der Waals surface area contributed by atoms with Gasteiger partial charge >= 0.3 is 0 Å². The Hall–Kier alpha value is -2.36. The Labute approximate surface area is 190 Å². The van der Waals surface area contributed by atoms with Gasteiger partial charge < -0.3 is 18.9 Å². The van der Waals surface area contributed by atoms with Crippen LogP contribution in [-0.4, -0.2) is 68.6 Å². The van der Waals surface area contributed by atoms with Gasteiger partial charge in [0.15, 0.2) is 0 Å². The Morgan fingerprint density at radius 3 is 2.53 bits per heavy atom. The summed E-state index contributed by atoms with van der Waals surface area (Å²) in [7, 11) is -0.610. The van der Waals surface area contributed by atoms with Crippen molar-refractivity contribution < 1.29 is 22.7 Å². The molecule has 1 aromatic heterocycles. The van der Waals surface area contributed by atoms with Gasteiger partial charge in [0.25, 0.3) is 0 Å². The highest BCUT2D eigenvalue weighted by molar-refractivity contribution is 7.89. The van der Waals surface area contributed by atoms with Gasteiger partial charge in [-0.05, 0) is 55.7 Å². The second-order valence-electron chi connectivity index (χ2n) is 8.11. The van der Waals surface area contributed by atoms with Crippen molar-refractivity contribution in [1.82, 2.24) is 13.8 Å². The number of aryl methyl sites for hydroxylation is 2. The van der Waals surface area contributed by atoms with Gasteiger partial charge in [-0.15, -0.1) is 0 Å². The van der Waals surface area contributed by atoms with Gasteiger partial charge in [0.2, 0.25) is 15.9 Å². The molecule has 1 unspecified atom stereocenters. The minimum atomic E-state index is -3.69. The lowest BCUT2D eigenvalue weighted by molar-refractivity contribution is -0.140. The molecule has 1 aliphatic heterocycles. The first kappa shape index (κ1) is 24.3. The summed E-state index contributed by atoms with van der Waals surface area (Å²) in [6, 6.07) is 7.52. The molecule has 0 saturated heterocycles. The molecule has 0 aliphatic carbocycles. The summed E-state index contributed by atoms with van der Waals surface area (Å²) < 4.78 is 40.4. The third-order valence-corrected chi connectivity index (χ3v) is 8.15. The summed E-state index contributed by atoms with van der Waals surface area (Å²) in [6.07, 6.45) is 2.87. The van der Waals surface area contributed by atoms with Gasteiger partial charge in [-0.3, -0.25) is 4.79 Å². The van der Waals surface area contributed by atoms with Crippen molar-refractivity contribution >= 4 is 15.9 Å². The smallest absolute Gasteiger partial charge is 0.249 e. The van der Waals surface area contributed by atoms with E-state index < -0.39 is 10.0 Å². The van der Waals surface area contributed by atoms with Crippen LogP contribution in [0.25, 0.3) is 0 Å². The average molecular weight is 464 g/mol. The number of aromatic nitrogens is 1. The maximum Gasteiger partial charge on any atom is 0.249 e. The molecule has 0 fully saturated rings. The fourth-order valence-corrected chi connectivity index (χ4v) is 5.90. The summed E-state index contributed by atoms with van der Waals surface area (Å²) in [4.78, 5) is 14.9. The fourth-order valence-electron chi connectivity index (χ4n) is 4.34. The molecule has 3 rings (SSSR count). The van der Waals surface area contributed by atoms with E-state index in [-0.39, 0.29) is 36.6 Å². The number of amides is 1. The molecule has 32 heavy (non-hydrogen) atoms. The van der Waals surface area contributed by atoms with Crippen molar-refractivity contribution in [3.05, 3.63) is 47.3 Å². The number of carbonyl (C=O) groups excluding carboxylic acids is 1. The number of hydrogen-bond acceptors (Lipinski definition) is 5. The van der Waals surface area contributed by atoms with Crippen molar-refractivity contribution in [2.24, 2.45) is 0 Å². The molecule has 1 aliphatic rings. The number of hydrogen-bond donors (Lipinski definition) is 0. The minimum absolute atomic E-state index is 0.0407. The van der Waals surface area contributed by atoms with Crippen LogP contribution in [0.4, 0.5) is 0 Å². The molecule has 0 radical (unpaired) electrons. The first-order valence-electron chi connectivity index (χ1n) is 10.8. The quantitative estimate of drug-likeness (QED) is 0.534. The fraction of sp³-hybridized carbons (Fsp3) is 0.522. The highest BCUT2D eigenvalue weighted by Crippen LogP contribution is 2.29. The zero-order chi connectivity index (χ0) is 23.5. The van der Waals surface area contributed by atoms with Crippen LogP contribution in [0.15, 0.2) is 35.4 Å². The molecule has 176 valence electrons. The van der Waals surface area contributed by atoms with E-state index in [4.69, 9.17) is 9.47 Å². The minimum Gasteiger partial charge on any atom is -0.497 e. The number of likely N-dealkylation sites (N-methyl/N-ethyl adjacent to an activating group) is 1. The van der Waals surface area contributed by atoms with Crippen LogP contribution >= 0.6 is 0 Å². The Kier molecular flexibility index (Phi) is 7.63. The highest BCUT2D eigenvalue weighted by Gasteiger charge is 2.30. The van der Waals surface area contributed by atoms with Crippen LogP contribution in [0.1, 0.15) is 36.2 Å². The number of benzene rings is 1. The Morgan fingerprint density at radius 1 is 1.22 bits per heavy atom. The van der Waals surface area contributed by atoms with Crippen LogP contribution in [-0.2, 0) is 26.1 Å². The molecule has 0 spiro atoms. The molecule has 0 bridgehead atoms. The second-order valence-corrected chi connectivity index (χ2v) is 10.1. The topological polar surface area (TPSA) is 81.1 Å². The number of nitrogens with zero attached hydrogens (tertiary/aromatic N) is 3. The van der Waals surface area contributed by atoms with Gasteiger partial charge in [0, 0.05) is 38.6 Å². The lowest BCUT2D eigenvalue weighted by Crippen LogP contribution is -2.43. The van der Waals surface area contributed by atoms with E-state index in [9.17, 15) is 13.2 Å². The molecule has 0 saturated carbocycles. The van der Waals surface area contributed by atoms with E-state index in [0.717, 1.165) is 18.7 Å². The van der Waals surface area contributed by atoms with E-state index in [2.05, 4.69) is 17.6 Å². The summed E-state index contributed by atoms with van der Waals surface area (Å²) in [5, 5.41) is 0. The second kappa shape index (κ2) is 10.1. The monoisotopic (exact) mass is 463 g/mol. The largest absolute Gasteiger partial charge is 0.497 e. The van der Waals surface area contributed by atoms with Crippen molar-refractivity contribution in [3.63, 3.8) is 0 Å². The van der Waals surface area contributed by atoms with Crippen molar-refractivity contribution in [2.75, 3.05) is 40.5 Å². The van der Waals surface area contributed by atoms with E-state index in [0.29, 0.717) is 23.4 Å². The highest BCUT2D eigenvalue weighted by atomic mass is 32.2. The average Bonchev–Trinajstić information content (AvgIpc) is 3.23. The van der Waals surface area contributed by atoms with Crippen molar-refractivity contribution in [1.29, 1.82) is 0 Å². The lowest BCUT2D eigenvalue weighted by atomic mass is 10.1. The third kappa shape index (κ3) is 4.84. The van der Waals surface area contributed by atoms with Crippen molar-refractivity contribution in [2.45, 2.75) is 44.7 Å². The summed E-state index contributed by atoms with van der Waals surface area (Å²) in [5.74, 6) is 0.551. The normalized spacial score (nSPS) is 16.3. The van der Waals surface area contributed by atoms with Crippen molar-refractivity contribution in [3.8, 4) is 5.75 Å². The van der Waals surface area contributed by atoms with Gasteiger partial charge in [-0.25, -0.2) is 8.42 Å². The number of ether oxygens (including phenoxy) is 2.